The smallest absolute Gasteiger partial charge is 0.308 e. The van der Waals surface area contributed by atoms with Gasteiger partial charge in [-0.05, 0) is 38.2 Å². The molecule has 1 aliphatic carbocycles. The Hall–Kier alpha value is -2.10. The standard InChI is InChI=1S/C19H25NO3/c1-3-8-19(9-5-10-19)18(23)20-13-16(17(21)22)12-15-7-4-6-14(2)11-15/h3-4,6-7,11,16H,1,5,8-10,12-13H2,2H3,(H,20,23)(H,21,22). The molecule has 1 saturated carbocycles. The van der Waals surface area contributed by atoms with Crippen molar-refractivity contribution in [3.8, 4) is 0 Å². The summed E-state index contributed by atoms with van der Waals surface area (Å²) in [5, 5.41) is 12.3. The van der Waals surface area contributed by atoms with Crippen LogP contribution in [0.25, 0.3) is 0 Å². The maximum Gasteiger partial charge on any atom is 0.308 e. The minimum Gasteiger partial charge on any atom is -0.481 e. The predicted molar refractivity (Wildman–Crippen MR) is 90.1 cm³/mol. The number of aliphatic carboxylic acids is 1. The Bertz CT molecular complexity index is 590. The Morgan fingerprint density at radius 2 is 2.17 bits per heavy atom. The summed E-state index contributed by atoms with van der Waals surface area (Å²) in [5.41, 5.74) is 1.74. The maximum absolute atomic E-state index is 12.4. The normalized spacial score (nSPS) is 16.9. The number of carboxylic acid groups (broad SMARTS) is 1. The maximum atomic E-state index is 12.4. The van der Waals surface area contributed by atoms with Gasteiger partial charge in [-0.15, -0.1) is 6.58 Å². The molecule has 0 heterocycles. The van der Waals surface area contributed by atoms with Gasteiger partial charge < -0.3 is 10.4 Å². The van der Waals surface area contributed by atoms with Crippen LogP contribution in [0.3, 0.4) is 0 Å². The Balaban J connectivity index is 1.96. The van der Waals surface area contributed by atoms with E-state index in [2.05, 4.69) is 11.9 Å². The number of hydrogen-bond donors (Lipinski definition) is 2. The number of rotatable bonds is 8. The molecule has 1 atom stereocenters. The number of carboxylic acids is 1. The third kappa shape index (κ3) is 4.21. The molecule has 1 amide bonds. The number of benzene rings is 1. The third-order valence-corrected chi connectivity index (χ3v) is 4.75. The predicted octanol–water partition coefficient (Wildman–Crippen LogP) is 3.10. The molecule has 2 rings (SSSR count). The van der Waals surface area contributed by atoms with Crippen LogP contribution < -0.4 is 5.32 Å². The lowest BCUT2D eigenvalue weighted by Crippen LogP contribution is -2.47. The van der Waals surface area contributed by atoms with Gasteiger partial charge in [0.2, 0.25) is 5.91 Å². The lowest BCUT2D eigenvalue weighted by atomic mass is 9.66. The SMILES string of the molecule is C=CCC1(C(=O)NCC(Cc2cccc(C)c2)C(=O)O)CCC1. The molecule has 1 unspecified atom stereocenters. The summed E-state index contributed by atoms with van der Waals surface area (Å²) in [5.74, 6) is -1.51. The van der Waals surface area contributed by atoms with Crippen LogP contribution in [-0.2, 0) is 16.0 Å². The topological polar surface area (TPSA) is 66.4 Å². The summed E-state index contributed by atoms with van der Waals surface area (Å²) in [6.45, 7) is 5.87. The van der Waals surface area contributed by atoms with Gasteiger partial charge in [0.15, 0.2) is 0 Å². The summed E-state index contributed by atoms with van der Waals surface area (Å²) in [7, 11) is 0. The van der Waals surface area contributed by atoms with Crippen molar-refractivity contribution in [2.24, 2.45) is 11.3 Å². The average Bonchev–Trinajstić information content (AvgIpc) is 2.46. The van der Waals surface area contributed by atoms with Crippen molar-refractivity contribution >= 4 is 11.9 Å². The van der Waals surface area contributed by atoms with E-state index in [9.17, 15) is 14.7 Å². The molecule has 4 heteroatoms. The van der Waals surface area contributed by atoms with Crippen molar-refractivity contribution in [2.45, 2.75) is 39.0 Å². The number of amides is 1. The number of nitrogens with one attached hydrogen (secondary N) is 1. The van der Waals surface area contributed by atoms with Crippen LogP contribution in [-0.4, -0.2) is 23.5 Å². The average molecular weight is 315 g/mol. The summed E-state index contributed by atoms with van der Waals surface area (Å²) in [6, 6.07) is 7.82. The van der Waals surface area contributed by atoms with E-state index >= 15 is 0 Å². The molecule has 0 spiro atoms. The van der Waals surface area contributed by atoms with Crippen LogP contribution in [0.2, 0.25) is 0 Å². The van der Waals surface area contributed by atoms with Gasteiger partial charge in [-0.1, -0.05) is 42.3 Å². The number of allylic oxidation sites excluding steroid dienone is 1. The summed E-state index contributed by atoms with van der Waals surface area (Å²) in [6.07, 6.45) is 5.63. The Morgan fingerprint density at radius 1 is 1.43 bits per heavy atom. The molecular weight excluding hydrogens is 290 g/mol. The molecule has 1 aromatic carbocycles. The largest absolute Gasteiger partial charge is 0.481 e. The van der Waals surface area contributed by atoms with Gasteiger partial charge in [-0.25, -0.2) is 0 Å². The van der Waals surface area contributed by atoms with E-state index in [-0.39, 0.29) is 17.9 Å². The van der Waals surface area contributed by atoms with Crippen LogP contribution in [0, 0.1) is 18.3 Å². The van der Waals surface area contributed by atoms with E-state index in [0.29, 0.717) is 12.8 Å². The molecule has 0 bridgehead atoms. The fourth-order valence-corrected chi connectivity index (χ4v) is 3.18. The van der Waals surface area contributed by atoms with Gasteiger partial charge in [0, 0.05) is 6.54 Å². The van der Waals surface area contributed by atoms with Gasteiger partial charge in [0.1, 0.15) is 0 Å². The lowest BCUT2D eigenvalue weighted by molar-refractivity contribution is -0.142. The van der Waals surface area contributed by atoms with Crippen LogP contribution >= 0.6 is 0 Å². The van der Waals surface area contributed by atoms with E-state index in [1.807, 2.05) is 31.2 Å². The Kier molecular flexibility index (Phi) is 5.59. The minimum atomic E-state index is -0.877. The molecule has 1 aromatic rings. The molecule has 0 radical (unpaired) electrons. The van der Waals surface area contributed by atoms with Crippen molar-refractivity contribution in [3.63, 3.8) is 0 Å². The van der Waals surface area contributed by atoms with Crippen molar-refractivity contribution in [1.29, 1.82) is 0 Å². The highest BCUT2D eigenvalue weighted by molar-refractivity contribution is 5.84. The fraction of sp³-hybridized carbons (Fsp3) is 0.474. The molecule has 124 valence electrons. The van der Waals surface area contributed by atoms with Crippen molar-refractivity contribution in [2.75, 3.05) is 6.54 Å². The van der Waals surface area contributed by atoms with Crippen molar-refractivity contribution < 1.29 is 14.7 Å². The molecule has 23 heavy (non-hydrogen) atoms. The molecule has 1 aliphatic rings. The van der Waals surface area contributed by atoms with Gasteiger partial charge in [-0.3, -0.25) is 9.59 Å². The molecule has 4 nitrogen and oxygen atoms in total. The second-order valence-corrected chi connectivity index (χ2v) is 6.57. The van der Waals surface area contributed by atoms with E-state index in [1.54, 1.807) is 6.08 Å². The van der Waals surface area contributed by atoms with Crippen molar-refractivity contribution in [3.05, 3.63) is 48.0 Å². The van der Waals surface area contributed by atoms with E-state index in [1.165, 1.54) is 0 Å². The number of carbonyl (C=O) groups excluding carboxylic acids is 1. The summed E-state index contributed by atoms with van der Waals surface area (Å²) < 4.78 is 0. The van der Waals surface area contributed by atoms with E-state index in [4.69, 9.17) is 0 Å². The quantitative estimate of drug-likeness (QED) is 0.724. The molecule has 0 aromatic heterocycles. The van der Waals surface area contributed by atoms with E-state index < -0.39 is 11.9 Å². The van der Waals surface area contributed by atoms with Gasteiger partial charge in [0.05, 0.1) is 11.3 Å². The zero-order valence-electron chi connectivity index (χ0n) is 13.7. The molecule has 0 aliphatic heterocycles. The number of hydrogen-bond acceptors (Lipinski definition) is 2. The van der Waals surface area contributed by atoms with Crippen LogP contribution in [0.15, 0.2) is 36.9 Å². The van der Waals surface area contributed by atoms with Gasteiger partial charge in [-0.2, -0.15) is 0 Å². The van der Waals surface area contributed by atoms with Gasteiger partial charge >= 0.3 is 5.97 Å². The van der Waals surface area contributed by atoms with Crippen LogP contribution in [0.5, 0.6) is 0 Å². The molecule has 2 N–H and O–H groups in total. The monoisotopic (exact) mass is 315 g/mol. The first-order chi connectivity index (χ1) is 11.0. The van der Waals surface area contributed by atoms with Crippen molar-refractivity contribution in [1.82, 2.24) is 5.32 Å². The lowest BCUT2D eigenvalue weighted by Gasteiger charge is -2.39. The van der Waals surface area contributed by atoms with Crippen LogP contribution in [0.1, 0.15) is 36.8 Å². The second-order valence-electron chi connectivity index (χ2n) is 6.57. The summed E-state index contributed by atoms with van der Waals surface area (Å²) in [4.78, 5) is 23.9. The Labute approximate surface area is 137 Å². The zero-order valence-corrected chi connectivity index (χ0v) is 13.7. The highest BCUT2D eigenvalue weighted by Crippen LogP contribution is 2.44. The fourth-order valence-electron chi connectivity index (χ4n) is 3.18. The first kappa shape index (κ1) is 17.3. The highest BCUT2D eigenvalue weighted by Gasteiger charge is 2.42. The minimum absolute atomic E-state index is 0.0286. The highest BCUT2D eigenvalue weighted by atomic mass is 16.4. The number of aryl methyl sites for hydroxylation is 1. The second kappa shape index (κ2) is 7.44. The van der Waals surface area contributed by atoms with E-state index in [0.717, 1.165) is 30.4 Å². The summed E-state index contributed by atoms with van der Waals surface area (Å²) >= 11 is 0. The molecule has 1 fully saturated rings. The Morgan fingerprint density at radius 3 is 2.70 bits per heavy atom. The molecule has 0 saturated heterocycles. The molecular formula is C19H25NO3. The van der Waals surface area contributed by atoms with Gasteiger partial charge in [0.25, 0.3) is 0 Å². The van der Waals surface area contributed by atoms with Crippen LogP contribution in [0.4, 0.5) is 0 Å². The zero-order chi connectivity index (χ0) is 16.9. The third-order valence-electron chi connectivity index (χ3n) is 4.75. The first-order valence-electron chi connectivity index (χ1n) is 8.14. The first-order valence-corrected chi connectivity index (χ1v) is 8.14. The number of carbonyl (C=O) groups is 2.